The quantitative estimate of drug-likeness (QED) is 0.842. The van der Waals surface area contributed by atoms with Crippen molar-refractivity contribution in [3.05, 3.63) is 34.3 Å². The van der Waals surface area contributed by atoms with Gasteiger partial charge >= 0.3 is 0 Å². The Morgan fingerprint density at radius 1 is 1.33 bits per heavy atom. The van der Waals surface area contributed by atoms with Gasteiger partial charge in [0.05, 0.1) is 0 Å². The molecular formula is C12H17BrN2. The molecule has 1 saturated heterocycles. The molecule has 15 heavy (non-hydrogen) atoms. The fraction of sp³-hybridized carbons (Fsp3) is 0.500. The number of hydrogen-bond acceptors (Lipinski definition) is 2. The summed E-state index contributed by atoms with van der Waals surface area (Å²) >= 11 is 3.64. The van der Waals surface area contributed by atoms with Gasteiger partial charge in [-0.25, -0.2) is 0 Å². The summed E-state index contributed by atoms with van der Waals surface area (Å²) in [7, 11) is 2.21. The highest BCUT2D eigenvalue weighted by molar-refractivity contribution is 9.10. The molecular weight excluding hydrogens is 252 g/mol. The van der Waals surface area contributed by atoms with E-state index in [2.05, 4.69) is 57.5 Å². The average Bonchev–Trinajstić information content (AvgIpc) is 2.44. The van der Waals surface area contributed by atoms with Gasteiger partial charge in [-0.3, -0.25) is 4.90 Å². The molecule has 1 heterocycles. The Morgan fingerprint density at radius 3 is 2.93 bits per heavy atom. The number of hydrogen-bond donors (Lipinski definition) is 1. The van der Waals surface area contributed by atoms with E-state index in [4.69, 9.17) is 0 Å². The largest absolute Gasteiger partial charge is 0.315 e. The lowest BCUT2D eigenvalue weighted by Crippen LogP contribution is -2.26. The van der Waals surface area contributed by atoms with Crippen LogP contribution in [-0.4, -0.2) is 31.6 Å². The number of halogens is 1. The minimum absolute atomic E-state index is 0.538. The second kappa shape index (κ2) is 5.10. The molecule has 3 heteroatoms. The number of rotatable bonds is 1. The maximum absolute atomic E-state index is 3.64. The third-order valence-corrected chi connectivity index (χ3v) is 3.75. The van der Waals surface area contributed by atoms with Gasteiger partial charge in [-0.2, -0.15) is 0 Å². The van der Waals surface area contributed by atoms with Crippen molar-refractivity contribution in [2.75, 3.05) is 26.7 Å². The molecule has 1 aliphatic rings. The zero-order chi connectivity index (χ0) is 10.7. The van der Waals surface area contributed by atoms with Gasteiger partial charge in [-0.05, 0) is 31.6 Å². The first-order valence-corrected chi connectivity index (χ1v) is 6.24. The minimum atomic E-state index is 0.538. The summed E-state index contributed by atoms with van der Waals surface area (Å²) in [4.78, 5) is 2.43. The van der Waals surface area contributed by atoms with E-state index in [9.17, 15) is 0 Å². The Bertz CT molecular complexity index is 327. The van der Waals surface area contributed by atoms with E-state index in [1.807, 2.05) is 0 Å². The molecule has 1 fully saturated rings. The van der Waals surface area contributed by atoms with E-state index in [0.29, 0.717) is 6.04 Å². The lowest BCUT2D eigenvalue weighted by Gasteiger charge is -2.26. The number of benzene rings is 1. The Kier molecular flexibility index (Phi) is 3.78. The molecule has 1 unspecified atom stereocenters. The molecule has 1 atom stereocenters. The Balaban J connectivity index is 2.24. The zero-order valence-corrected chi connectivity index (χ0v) is 10.6. The average molecular weight is 269 g/mol. The lowest BCUT2D eigenvalue weighted by atomic mass is 10.0. The van der Waals surface area contributed by atoms with Gasteiger partial charge in [-0.15, -0.1) is 0 Å². The van der Waals surface area contributed by atoms with Crippen LogP contribution in [0.25, 0.3) is 0 Å². The molecule has 0 radical (unpaired) electrons. The second-order valence-corrected chi connectivity index (χ2v) is 4.91. The summed E-state index contributed by atoms with van der Waals surface area (Å²) in [5.74, 6) is 0. The molecule has 1 aliphatic heterocycles. The predicted octanol–water partition coefficient (Wildman–Crippen LogP) is 2.42. The minimum Gasteiger partial charge on any atom is -0.315 e. The fourth-order valence-electron chi connectivity index (χ4n) is 2.13. The molecule has 1 aromatic carbocycles. The smallest absolute Gasteiger partial charge is 0.0368 e. The van der Waals surface area contributed by atoms with Crippen molar-refractivity contribution in [1.82, 2.24) is 10.2 Å². The number of nitrogens with zero attached hydrogens (tertiary/aromatic N) is 1. The van der Waals surface area contributed by atoms with Crippen molar-refractivity contribution >= 4 is 15.9 Å². The molecule has 0 aromatic heterocycles. The molecule has 2 rings (SSSR count). The molecule has 1 aromatic rings. The first-order valence-electron chi connectivity index (χ1n) is 5.44. The van der Waals surface area contributed by atoms with Gasteiger partial charge in [0, 0.05) is 23.6 Å². The third-order valence-electron chi connectivity index (χ3n) is 3.03. The maximum Gasteiger partial charge on any atom is 0.0368 e. The second-order valence-electron chi connectivity index (χ2n) is 4.06. The van der Waals surface area contributed by atoms with Crippen LogP contribution in [0.4, 0.5) is 0 Å². The molecule has 0 spiro atoms. The first kappa shape index (κ1) is 11.1. The van der Waals surface area contributed by atoms with Crippen molar-refractivity contribution in [2.24, 2.45) is 0 Å². The van der Waals surface area contributed by atoms with Crippen molar-refractivity contribution in [3.8, 4) is 0 Å². The Labute approximate surface area is 99.8 Å². The summed E-state index contributed by atoms with van der Waals surface area (Å²) in [5.41, 5.74) is 1.41. The summed E-state index contributed by atoms with van der Waals surface area (Å²) < 4.78 is 1.23. The van der Waals surface area contributed by atoms with E-state index >= 15 is 0 Å². The van der Waals surface area contributed by atoms with Gasteiger partial charge in [0.15, 0.2) is 0 Å². The molecule has 0 bridgehead atoms. The summed E-state index contributed by atoms with van der Waals surface area (Å²) in [6, 6.07) is 9.07. The van der Waals surface area contributed by atoms with Crippen LogP contribution in [-0.2, 0) is 0 Å². The van der Waals surface area contributed by atoms with Crippen LogP contribution in [0.15, 0.2) is 28.7 Å². The van der Waals surface area contributed by atoms with E-state index in [-0.39, 0.29) is 0 Å². The molecule has 0 saturated carbocycles. The highest BCUT2D eigenvalue weighted by Crippen LogP contribution is 2.29. The first-order chi connectivity index (χ1) is 7.29. The molecule has 0 aliphatic carbocycles. The summed E-state index contributed by atoms with van der Waals surface area (Å²) in [5, 5.41) is 3.44. The topological polar surface area (TPSA) is 15.3 Å². The third kappa shape index (κ3) is 2.60. The Morgan fingerprint density at radius 2 is 2.13 bits per heavy atom. The van der Waals surface area contributed by atoms with Gasteiger partial charge in [-0.1, -0.05) is 34.1 Å². The molecule has 82 valence electrons. The van der Waals surface area contributed by atoms with Crippen LogP contribution in [0.2, 0.25) is 0 Å². The van der Waals surface area contributed by atoms with Crippen LogP contribution in [0.3, 0.4) is 0 Å². The van der Waals surface area contributed by atoms with Crippen LogP contribution in [0.1, 0.15) is 18.0 Å². The predicted molar refractivity (Wildman–Crippen MR) is 67.0 cm³/mol. The van der Waals surface area contributed by atoms with Crippen molar-refractivity contribution in [1.29, 1.82) is 0 Å². The van der Waals surface area contributed by atoms with Crippen molar-refractivity contribution < 1.29 is 0 Å². The zero-order valence-electron chi connectivity index (χ0n) is 9.04. The number of nitrogens with one attached hydrogen (secondary N) is 1. The monoisotopic (exact) mass is 268 g/mol. The lowest BCUT2D eigenvalue weighted by molar-refractivity contribution is 0.257. The molecule has 1 N–H and O–H groups in total. The molecule has 2 nitrogen and oxygen atoms in total. The summed E-state index contributed by atoms with van der Waals surface area (Å²) in [6.45, 7) is 3.32. The van der Waals surface area contributed by atoms with E-state index in [1.54, 1.807) is 0 Å². The highest BCUT2D eigenvalue weighted by atomic mass is 79.9. The number of likely N-dealkylation sites (N-methyl/N-ethyl adjacent to an activating group) is 1. The SMILES string of the molecule is CN1CCNCCC1c1ccccc1Br. The Hall–Kier alpha value is -0.380. The van der Waals surface area contributed by atoms with Gasteiger partial charge < -0.3 is 5.32 Å². The van der Waals surface area contributed by atoms with Gasteiger partial charge in [0.2, 0.25) is 0 Å². The van der Waals surface area contributed by atoms with E-state index in [0.717, 1.165) is 19.6 Å². The van der Waals surface area contributed by atoms with Crippen LogP contribution in [0, 0.1) is 0 Å². The fourth-order valence-corrected chi connectivity index (χ4v) is 2.68. The van der Waals surface area contributed by atoms with E-state index in [1.165, 1.54) is 16.5 Å². The maximum atomic E-state index is 3.64. The van der Waals surface area contributed by atoms with Gasteiger partial charge in [0.25, 0.3) is 0 Å². The van der Waals surface area contributed by atoms with Crippen molar-refractivity contribution in [2.45, 2.75) is 12.5 Å². The van der Waals surface area contributed by atoms with E-state index < -0.39 is 0 Å². The van der Waals surface area contributed by atoms with Crippen LogP contribution >= 0.6 is 15.9 Å². The van der Waals surface area contributed by atoms with Crippen LogP contribution < -0.4 is 5.32 Å². The normalized spacial score (nSPS) is 23.7. The highest BCUT2D eigenvalue weighted by Gasteiger charge is 2.20. The van der Waals surface area contributed by atoms with Gasteiger partial charge in [0.1, 0.15) is 0 Å². The van der Waals surface area contributed by atoms with Crippen molar-refractivity contribution in [3.63, 3.8) is 0 Å². The standard InChI is InChI=1S/C12H17BrN2/c1-15-9-8-14-7-6-12(15)10-4-2-3-5-11(10)13/h2-5,12,14H,6-9H2,1H3. The summed E-state index contributed by atoms with van der Waals surface area (Å²) in [6.07, 6.45) is 1.18. The van der Waals surface area contributed by atoms with Crippen LogP contribution in [0.5, 0.6) is 0 Å². The molecule has 0 amide bonds.